The molecule has 4 rings (SSSR count). The third-order valence-electron chi connectivity index (χ3n) is 4.32. The van der Waals surface area contributed by atoms with Crippen LogP contribution in [0.3, 0.4) is 0 Å². The number of amides is 1. The molecule has 0 aliphatic heterocycles. The molecule has 1 aromatic carbocycles. The van der Waals surface area contributed by atoms with Crippen LogP contribution in [0, 0.1) is 0 Å². The zero-order valence-corrected chi connectivity index (χ0v) is 13.0. The Bertz CT molecular complexity index is 862. The number of nitrogens with one attached hydrogen (secondary N) is 1. The first-order valence-corrected chi connectivity index (χ1v) is 7.91. The molecule has 0 unspecified atom stereocenters. The van der Waals surface area contributed by atoms with Crippen LogP contribution in [0.25, 0.3) is 11.3 Å². The number of pyridine rings is 1. The summed E-state index contributed by atoms with van der Waals surface area (Å²) in [5.41, 5.74) is 4.67. The Labute approximate surface area is 139 Å². The molecule has 1 atom stereocenters. The molecule has 0 spiro atoms. The van der Waals surface area contributed by atoms with Crippen molar-refractivity contribution in [3.63, 3.8) is 0 Å². The molecule has 0 fully saturated rings. The van der Waals surface area contributed by atoms with Crippen LogP contribution in [-0.4, -0.2) is 20.9 Å². The monoisotopic (exact) mass is 316 g/mol. The third-order valence-corrected chi connectivity index (χ3v) is 4.32. The second kappa shape index (κ2) is 6.20. The highest BCUT2D eigenvalue weighted by molar-refractivity contribution is 5.94. The van der Waals surface area contributed by atoms with E-state index in [9.17, 15) is 4.79 Å². The van der Waals surface area contributed by atoms with Crippen LogP contribution in [0.5, 0.6) is 0 Å². The summed E-state index contributed by atoms with van der Waals surface area (Å²) >= 11 is 0. The van der Waals surface area contributed by atoms with Gasteiger partial charge in [0.25, 0.3) is 5.91 Å². The smallest absolute Gasteiger partial charge is 0.253 e. The van der Waals surface area contributed by atoms with E-state index < -0.39 is 0 Å². The number of aryl methyl sites for hydroxylation is 1. The molecule has 2 aromatic heterocycles. The summed E-state index contributed by atoms with van der Waals surface area (Å²) in [6.07, 6.45) is 8.42. The van der Waals surface area contributed by atoms with Crippen molar-refractivity contribution in [2.75, 3.05) is 0 Å². The van der Waals surface area contributed by atoms with Crippen molar-refractivity contribution in [1.29, 1.82) is 0 Å². The molecule has 0 saturated heterocycles. The van der Waals surface area contributed by atoms with Crippen molar-refractivity contribution in [2.24, 2.45) is 0 Å². The van der Waals surface area contributed by atoms with Gasteiger partial charge in [0.05, 0.1) is 17.3 Å². The maximum absolute atomic E-state index is 12.5. The molecular weight excluding hydrogens is 300 g/mol. The predicted molar refractivity (Wildman–Crippen MR) is 90.2 cm³/mol. The molecular formula is C19H16N4O. The molecule has 2 heterocycles. The van der Waals surface area contributed by atoms with Crippen LogP contribution < -0.4 is 5.32 Å². The minimum Gasteiger partial charge on any atom is -0.345 e. The van der Waals surface area contributed by atoms with Crippen molar-refractivity contribution < 1.29 is 4.79 Å². The lowest BCUT2D eigenvalue weighted by Gasteiger charge is -2.14. The number of carbonyl (C=O) groups is 1. The number of aromatic nitrogens is 3. The van der Waals surface area contributed by atoms with Crippen LogP contribution in [-0.2, 0) is 6.42 Å². The van der Waals surface area contributed by atoms with Gasteiger partial charge in [0.15, 0.2) is 0 Å². The molecule has 1 N–H and O–H groups in total. The van der Waals surface area contributed by atoms with Gasteiger partial charge in [-0.25, -0.2) is 9.97 Å². The highest BCUT2D eigenvalue weighted by Gasteiger charge is 2.23. The average Bonchev–Trinajstić information content (AvgIpc) is 3.06. The van der Waals surface area contributed by atoms with Crippen LogP contribution in [0.1, 0.15) is 33.9 Å². The Balaban J connectivity index is 1.50. The number of carbonyl (C=O) groups excluding carboxylic acids is 1. The van der Waals surface area contributed by atoms with Crippen LogP contribution in [0.4, 0.5) is 0 Å². The highest BCUT2D eigenvalue weighted by Crippen LogP contribution is 2.30. The normalized spacial score (nSPS) is 15.8. The van der Waals surface area contributed by atoms with Crippen molar-refractivity contribution in [3.8, 4) is 11.3 Å². The summed E-state index contributed by atoms with van der Waals surface area (Å²) in [5.74, 6) is -0.0972. The number of hydrogen-bond donors (Lipinski definition) is 1. The maximum atomic E-state index is 12.5. The molecule has 0 bridgehead atoms. The average molecular weight is 316 g/mol. The van der Waals surface area contributed by atoms with E-state index in [1.54, 1.807) is 24.7 Å². The third kappa shape index (κ3) is 2.76. The van der Waals surface area contributed by atoms with Gasteiger partial charge >= 0.3 is 0 Å². The largest absolute Gasteiger partial charge is 0.345 e. The SMILES string of the molecule is O=C(N[C@@H]1CCc2ccccc21)c1ccc(-c2cncnc2)nc1. The van der Waals surface area contributed by atoms with Gasteiger partial charge in [-0.15, -0.1) is 0 Å². The first-order valence-electron chi connectivity index (χ1n) is 7.91. The standard InChI is InChI=1S/C19H16N4O/c24-19(23-18-8-5-13-3-1-2-4-16(13)18)14-6-7-17(22-11-14)15-9-20-12-21-10-15/h1-4,6-7,9-12,18H,5,8H2,(H,23,24)/t18-/m1/s1. The predicted octanol–water partition coefficient (Wildman–Crippen LogP) is 2.96. The number of rotatable bonds is 3. The van der Waals surface area contributed by atoms with Gasteiger partial charge in [-0.05, 0) is 36.1 Å². The molecule has 5 heteroatoms. The Kier molecular flexibility index (Phi) is 3.75. The molecule has 0 radical (unpaired) electrons. The van der Waals surface area contributed by atoms with E-state index in [0.29, 0.717) is 5.56 Å². The highest BCUT2D eigenvalue weighted by atomic mass is 16.1. The topological polar surface area (TPSA) is 67.8 Å². The fourth-order valence-electron chi connectivity index (χ4n) is 3.08. The van der Waals surface area contributed by atoms with Gasteiger partial charge in [0.2, 0.25) is 0 Å². The number of hydrogen-bond acceptors (Lipinski definition) is 4. The number of fused-ring (bicyclic) bond motifs is 1. The van der Waals surface area contributed by atoms with E-state index in [0.717, 1.165) is 24.1 Å². The van der Waals surface area contributed by atoms with Crippen LogP contribution in [0.2, 0.25) is 0 Å². The first kappa shape index (κ1) is 14.5. The summed E-state index contributed by atoms with van der Waals surface area (Å²) < 4.78 is 0. The van der Waals surface area contributed by atoms with Crippen LogP contribution >= 0.6 is 0 Å². The van der Waals surface area contributed by atoms with Crippen molar-refractivity contribution >= 4 is 5.91 Å². The maximum Gasteiger partial charge on any atom is 0.253 e. The van der Waals surface area contributed by atoms with Gasteiger partial charge in [0.1, 0.15) is 6.33 Å². The Morgan fingerprint density at radius 1 is 1.04 bits per heavy atom. The molecule has 1 aliphatic rings. The minimum absolute atomic E-state index is 0.0795. The summed E-state index contributed by atoms with van der Waals surface area (Å²) in [6, 6.07) is 11.9. The molecule has 5 nitrogen and oxygen atoms in total. The fraction of sp³-hybridized carbons (Fsp3) is 0.158. The van der Waals surface area contributed by atoms with Gasteiger partial charge in [-0.3, -0.25) is 9.78 Å². The number of nitrogens with zero attached hydrogens (tertiary/aromatic N) is 3. The second-order valence-corrected chi connectivity index (χ2v) is 5.82. The quantitative estimate of drug-likeness (QED) is 0.806. The Morgan fingerprint density at radius 3 is 2.67 bits per heavy atom. The summed E-state index contributed by atoms with van der Waals surface area (Å²) in [5, 5.41) is 3.11. The molecule has 1 amide bonds. The van der Waals surface area contributed by atoms with E-state index >= 15 is 0 Å². The van der Waals surface area contributed by atoms with E-state index in [2.05, 4.69) is 32.4 Å². The summed E-state index contributed by atoms with van der Waals surface area (Å²) in [4.78, 5) is 24.8. The molecule has 118 valence electrons. The minimum atomic E-state index is -0.0972. The van der Waals surface area contributed by atoms with Crippen molar-refractivity contribution in [1.82, 2.24) is 20.3 Å². The van der Waals surface area contributed by atoms with E-state index in [4.69, 9.17) is 0 Å². The van der Waals surface area contributed by atoms with Gasteiger partial charge in [-0.1, -0.05) is 24.3 Å². The van der Waals surface area contributed by atoms with E-state index in [1.165, 1.54) is 17.5 Å². The molecule has 1 aliphatic carbocycles. The zero-order valence-electron chi connectivity index (χ0n) is 13.0. The van der Waals surface area contributed by atoms with Gasteiger partial charge in [0, 0.05) is 24.2 Å². The summed E-state index contributed by atoms with van der Waals surface area (Å²) in [6.45, 7) is 0. The van der Waals surface area contributed by atoms with Crippen LogP contribution in [0.15, 0.2) is 61.3 Å². The Morgan fingerprint density at radius 2 is 1.88 bits per heavy atom. The van der Waals surface area contributed by atoms with Crippen molar-refractivity contribution in [3.05, 3.63) is 78.0 Å². The lowest BCUT2D eigenvalue weighted by Crippen LogP contribution is -2.27. The lowest BCUT2D eigenvalue weighted by molar-refractivity contribution is 0.0936. The van der Waals surface area contributed by atoms with E-state index in [-0.39, 0.29) is 11.9 Å². The lowest BCUT2D eigenvalue weighted by atomic mass is 10.1. The second-order valence-electron chi connectivity index (χ2n) is 5.82. The van der Waals surface area contributed by atoms with Crippen molar-refractivity contribution in [2.45, 2.75) is 18.9 Å². The molecule has 0 saturated carbocycles. The van der Waals surface area contributed by atoms with Gasteiger partial charge < -0.3 is 5.32 Å². The fourth-order valence-corrected chi connectivity index (χ4v) is 3.08. The van der Waals surface area contributed by atoms with Gasteiger partial charge in [-0.2, -0.15) is 0 Å². The van der Waals surface area contributed by atoms with E-state index in [1.807, 2.05) is 18.2 Å². The zero-order chi connectivity index (χ0) is 16.4. The first-order chi connectivity index (χ1) is 11.8. The molecule has 3 aromatic rings. The number of benzene rings is 1. The summed E-state index contributed by atoms with van der Waals surface area (Å²) in [7, 11) is 0. The molecule has 24 heavy (non-hydrogen) atoms. The Hall–Kier alpha value is -3.08.